The van der Waals surface area contributed by atoms with Gasteiger partial charge in [-0.2, -0.15) is 0 Å². The number of carbonyl (C=O) groups is 1. The number of rotatable bonds is 4. The van der Waals surface area contributed by atoms with Gasteiger partial charge in [-0.05, 0) is 39.9 Å². The molecule has 1 aliphatic rings. The summed E-state index contributed by atoms with van der Waals surface area (Å²) in [6.45, 7) is 3.47. The monoisotopic (exact) mass is 216 g/mol. The smallest absolute Gasteiger partial charge is 0.336 e. The summed E-state index contributed by atoms with van der Waals surface area (Å²) in [4.78, 5) is 12.9. The molecule has 5 heteroatoms. The lowest BCUT2D eigenvalue weighted by Crippen LogP contribution is -2.50. The zero-order chi connectivity index (χ0) is 11.5. The Labute approximate surface area is 90.1 Å². The number of carboxylic acids is 1. The fourth-order valence-electron chi connectivity index (χ4n) is 1.63. The van der Waals surface area contributed by atoms with Crippen molar-refractivity contribution in [3.05, 3.63) is 0 Å². The number of nitrogens with zero attached hydrogens (tertiary/aromatic N) is 1. The van der Waals surface area contributed by atoms with E-state index in [0.717, 1.165) is 25.9 Å². The highest BCUT2D eigenvalue weighted by Gasteiger charge is 2.30. The molecule has 0 saturated carbocycles. The predicted molar refractivity (Wildman–Crippen MR) is 56.8 cm³/mol. The number of piperidine rings is 1. The van der Waals surface area contributed by atoms with Crippen LogP contribution in [0.4, 0.5) is 0 Å². The number of hydrogen-bond donors (Lipinski definition) is 3. The Hall–Kier alpha value is -0.650. The van der Waals surface area contributed by atoms with Crippen molar-refractivity contribution in [2.75, 3.05) is 26.7 Å². The lowest BCUT2D eigenvalue weighted by Gasteiger charge is -2.31. The Kier molecular flexibility index (Phi) is 4.07. The first-order valence-corrected chi connectivity index (χ1v) is 5.29. The highest BCUT2D eigenvalue weighted by Crippen LogP contribution is 2.09. The normalized spacial score (nSPS) is 23.7. The van der Waals surface area contributed by atoms with E-state index in [0.29, 0.717) is 6.04 Å². The third kappa shape index (κ3) is 3.77. The van der Waals surface area contributed by atoms with Crippen LogP contribution in [0.5, 0.6) is 0 Å². The molecule has 1 unspecified atom stereocenters. The maximum absolute atomic E-state index is 10.6. The minimum Gasteiger partial charge on any atom is -0.479 e. The fourth-order valence-corrected chi connectivity index (χ4v) is 1.63. The molecular weight excluding hydrogens is 196 g/mol. The summed E-state index contributed by atoms with van der Waals surface area (Å²) in [5.41, 5.74) is -1.66. The first-order chi connectivity index (χ1) is 6.92. The van der Waals surface area contributed by atoms with Crippen LogP contribution in [0.25, 0.3) is 0 Å². The van der Waals surface area contributed by atoms with Gasteiger partial charge in [-0.1, -0.05) is 0 Å². The van der Waals surface area contributed by atoms with E-state index in [1.54, 1.807) is 0 Å². The van der Waals surface area contributed by atoms with Gasteiger partial charge in [0, 0.05) is 12.6 Å². The minimum atomic E-state index is -1.66. The minimum absolute atomic E-state index is 0.108. The zero-order valence-corrected chi connectivity index (χ0v) is 9.36. The van der Waals surface area contributed by atoms with Crippen LogP contribution >= 0.6 is 0 Å². The van der Waals surface area contributed by atoms with Crippen LogP contribution in [0.15, 0.2) is 0 Å². The van der Waals surface area contributed by atoms with Gasteiger partial charge >= 0.3 is 5.97 Å². The van der Waals surface area contributed by atoms with Crippen LogP contribution in [0.1, 0.15) is 19.8 Å². The van der Waals surface area contributed by atoms with Crippen molar-refractivity contribution in [1.82, 2.24) is 10.2 Å². The topological polar surface area (TPSA) is 72.8 Å². The van der Waals surface area contributed by atoms with Crippen LogP contribution in [0, 0.1) is 0 Å². The van der Waals surface area contributed by atoms with Crippen LogP contribution in [-0.4, -0.2) is 59.4 Å². The molecule has 0 bridgehead atoms. The molecule has 3 N–H and O–H groups in total. The van der Waals surface area contributed by atoms with Gasteiger partial charge in [-0.3, -0.25) is 0 Å². The molecule has 1 rings (SSSR count). The lowest BCUT2D eigenvalue weighted by molar-refractivity contribution is -0.156. The average Bonchev–Trinajstić information content (AvgIpc) is 2.17. The van der Waals surface area contributed by atoms with E-state index in [2.05, 4.69) is 17.3 Å². The third-order valence-electron chi connectivity index (χ3n) is 2.91. The van der Waals surface area contributed by atoms with Gasteiger partial charge < -0.3 is 20.4 Å². The van der Waals surface area contributed by atoms with Crippen LogP contribution < -0.4 is 5.32 Å². The molecule has 1 fully saturated rings. The molecule has 1 saturated heterocycles. The zero-order valence-electron chi connectivity index (χ0n) is 9.36. The first-order valence-electron chi connectivity index (χ1n) is 5.29. The number of nitrogens with one attached hydrogen (secondary N) is 1. The fraction of sp³-hybridized carbons (Fsp3) is 0.900. The lowest BCUT2D eigenvalue weighted by atomic mass is 10.0. The molecule has 0 aromatic rings. The van der Waals surface area contributed by atoms with Gasteiger partial charge in [0.15, 0.2) is 5.60 Å². The number of aliphatic carboxylic acids is 1. The number of likely N-dealkylation sites (tertiary alicyclic amines) is 1. The van der Waals surface area contributed by atoms with E-state index in [1.165, 1.54) is 6.92 Å². The van der Waals surface area contributed by atoms with Crippen LogP contribution in [0.3, 0.4) is 0 Å². The van der Waals surface area contributed by atoms with Crippen LogP contribution in [0.2, 0.25) is 0 Å². The van der Waals surface area contributed by atoms with E-state index < -0.39 is 11.6 Å². The van der Waals surface area contributed by atoms with E-state index in [-0.39, 0.29) is 6.54 Å². The van der Waals surface area contributed by atoms with E-state index in [1.807, 2.05) is 0 Å². The molecule has 0 amide bonds. The molecule has 88 valence electrons. The second-order valence-electron chi connectivity index (χ2n) is 4.54. The second-order valence-corrected chi connectivity index (χ2v) is 4.54. The van der Waals surface area contributed by atoms with E-state index >= 15 is 0 Å². The van der Waals surface area contributed by atoms with Crippen molar-refractivity contribution in [2.45, 2.75) is 31.4 Å². The molecule has 0 aromatic heterocycles. The molecule has 1 aliphatic heterocycles. The highest BCUT2D eigenvalue weighted by atomic mass is 16.4. The number of aliphatic hydroxyl groups is 1. The summed E-state index contributed by atoms with van der Waals surface area (Å²) < 4.78 is 0. The predicted octanol–water partition coefficient (Wildman–Crippen LogP) is -0.494. The van der Waals surface area contributed by atoms with Crippen molar-refractivity contribution in [2.24, 2.45) is 0 Å². The van der Waals surface area contributed by atoms with Crippen molar-refractivity contribution in [3.63, 3.8) is 0 Å². The highest BCUT2D eigenvalue weighted by molar-refractivity contribution is 5.76. The SMILES string of the molecule is CN1CCC(NCC(C)(O)C(=O)O)CC1. The van der Waals surface area contributed by atoms with E-state index in [4.69, 9.17) is 5.11 Å². The van der Waals surface area contributed by atoms with Crippen LogP contribution in [-0.2, 0) is 4.79 Å². The van der Waals surface area contributed by atoms with Gasteiger partial charge in [0.2, 0.25) is 0 Å². The molecule has 1 atom stereocenters. The summed E-state index contributed by atoms with van der Waals surface area (Å²) in [5.74, 6) is -1.18. The standard InChI is InChI=1S/C10H20N2O3/c1-10(15,9(13)14)7-11-8-3-5-12(2)6-4-8/h8,11,15H,3-7H2,1-2H3,(H,13,14). The maximum atomic E-state index is 10.6. The van der Waals surface area contributed by atoms with Gasteiger partial charge in [-0.25, -0.2) is 4.79 Å². The molecule has 1 heterocycles. The molecule has 5 nitrogen and oxygen atoms in total. The molecule has 0 aromatic carbocycles. The second kappa shape index (κ2) is 4.92. The van der Waals surface area contributed by atoms with Gasteiger partial charge in [-0.15, -0.1) is 0 Å². The number of carboxylic acid groups (broad SMARTS) is 1. The Morgan fingerprint density at radius 2 is 2.07 bits per heavy atom. The summed E-state index contributed by atoms with van der Waals surface area (Å²) >= 11 is 0. The van der Waals surface area contributed by atoms with E-state index in [9.17, 15) is 9.90 Å². The molecule has 0 radical (unpaired) electrons. The average molecular weight is 216 g/mol. The first kappa shape index (κ1) is 12.4. The van der Waals surface area contributed by atoms with Crippen molar-refractivity contribution < 1.29 is 15.0 Å². The molecule has 0 aliphatic carbocycles. The molecule has 15 heavy (non-hydrogen) atoms. The Morgan fingerprint density at radius 1 is 1.53 bits per heavy atom. The largest absolute Gasteiger partial charge is 0.479 e. The van der Waals surface area contributed by atoms with Crippen molar-refractivity contribution in [3.8, 4) is 0 Å². The summed E-state index contributed by atoms with van der Waals surface area (Å²) in [7, 11) is 2.07. The van der Waals surface area contributed by atoms with Crippen molar-refractivity contribution >= 4 is 5.97 Å². The molecular formula is C10H20N2O3. The summed E-state index contributed by atoms with van der Waals surface area (Å²) in [6, 6.07) is 0.326. The van der Waals surface area contributed by atoms with Crippen molar-refractivity contribution in [1.29, 1.82) is 0 Å². The van der Waals surface area contributed by atoms with Gasteiger partial charge in [0.1, 0.15) is 0 Å². The number of hydrogen-bond acceptors (Lipinski definition) is 4. The Morgan fingerprint density at radius 3 is 2.53 bits per heavy atom. The Balaban J connectivity index is 2.28. The summed E-state index contributed by atoms with van der Waals surface area (Å²) in [6.07, 6.45) is 2.01. The third-order valence-corrected chi connectivity index (χ3v) is 2.91. The summed E-state index contributed by atoms with van der Waals surface area (Å²) in [5, 5.41) is 21.3. The maximum Gasteiger partial charge on any atom is 0.336 e. The quantitative estimate of drug-likeness (QED) is 0.591. The Bertz CT molecular complexity index is 223. The molecule has 0 spiro atoms. The van der Waals surface area contributed by atoms with Gasteiger partial charge in [0.05, 0.1) is 0 Å². The van der Waals surface area contributed by atoms with Gasteiger partial charge in [0.25, 0.3) is 0 Å².